The number of rotatable bonds is 2. The van der Waals surface area contributed by atoms with E-state index in [-0.39, 0.29) is 17.0 Å². The minimum absolute atomic E-state index is 0.000185. The zero-order valence-corrected chi connectivity index (χ0v) is 7.19. The first kappa shape index (κ1) is 9.41. The fraction of sp³-hybridized carbons (Fsp3) is 1.00. The van der Waals surface area contributed by atoms with Gasteiger partial charge in [0.25, 0.3) is 0 Å². The van der Waals surface area contributed by atoms with E-state index in [0.29, 0.717) is 6.42 Å². The van der Waals surface area contributed by atoms with Crippen LogP contribution in [0.1, 0.15) is 19.3 Å². The van der Waals surface area contributed by atoms with Gasteiger partial charge in [-0.05, 0) is 19.9 Å². The van der Waals surface area contributed by atoms with Gasteiger partial charge in [0.2, 0.25) is 6.04 Å². The summed E-state index contributed by atoms with van der Waals surface area (Å²) in [5.74, 6) is 0. The summed E-state index contributed by atoms with van der Waals surface area (Å²) in [6, 6.07) is -0.497. The van der Waals surface area contributed by atoms with E-state index in [1.165, 1.54) is 0 Å². The fourth-order valence-electron chi connectivity index (χ4n) is 1.75. The van der Waals surface area contributed by atoms with Crippen LogP contribution in [0.15, 0.2) is 0 Å². The largest absolute Gasteiger partial charge is 0.327 e. The third-order valence-corrected chi connectivity index (χ3v) is 2.50. The maximum Gasteiger partial charge on any atom is 0.229 e. The van der Waals surface area contributed by atoms with Gasteiger partial charge in [-0.2, -0.15) is 0 Å². The number of likely N-dealkylation sites (N-methyl/N-ethyl adjacent to an activating group) is 1. The third-order valence-electron chi connectivity index (χ3n) is 2.50. The molecule has 3 atom stereocenters. The van der Waals surface area contributed by atoms with Crippen molar-refractivity contribution < 1.29 is 4.92 Å². The van der Waals surface area contributed by atoms with E-state index in [1.54, 1.807) is 7.05 Å². The van der Waals surface area contributed by atoms with Crippen molar-refractivity contribution in [2.75, 3.05) is 7.05 Å². The SMILES string of the molecule is CNC1CCC(N)CC1[N+](=O)[O-]. The normalized spacial score (nSPS) is 36.3. The Labute approximate surface area is 71.5 Å². The van der Waals surface area contributed by atoms with Crippen LogP contribution in [0.25, 0.3) is 0 Å². The molecule has 0 heterocycles. The van der Waals surface area contributed by atoms with Gasteiger partial charge in [0.05, 0.1) is 6.04 Å². The second kappa shape index (κ2) is 3.82. The molecule has 0 bridgehead atoms. The lowest BCUT2D eigenvalue weighted by atomic mass is 9.88. The molecule has 12 heavy (non-hydrogen) atoms. The lowest BCUT2D eigenvalue weighted by molar-refractivity contribution is -0.530. The number of hydrogen-bond acceptors (Lipinski definition) is 4. The number of nitrogens with zero attached hydrogens (tertiary/aromatic N) is 1. The van der Waals surface area contributed by atoms with Crippen molar-refractivity contribution in [1.29, 1.82) is 0 Å². The zero-order valence-electron chi connectivity index (χ0n) is 7.19. The summed E-state index contributed by atoms with van der Waals surface area (Å²) in [4.78, 5) is 10.4. The van der Waals surface area contributed by atoms with Gasteiger partial charge in [0.15, 0.2) is 0 Å². The Kier molecular flexibility index (Phi) is 2.99. The molecule has 1 saturated carbocycles. The van der Waals surface area contributed by atoms with Crippen LogP contribution in [0.2, 0.25) is 0 Å². The summed E-state index contributed by atoms with van der Waals surface area (Å²) in [5, 5.41) is 13.5. The van der Waals surface area contributed by atoms with Crippen molar-refractivity contribution in [2.45, 2.75) is 37.4 Å². The Balaban J connectivity index is 2.58. The van der Waals surface area contributed by atoms with Gasteiger partial charge in [0, 0.05) is 17.4 Å². The summed E-state index contributed by atoms with van der Waals surface area (Å²) < 4.78 is 0. The van der Waals surface area contributed by atoms with Gasteiger partial charge in [0.1, 0.15) is 0 Å². The Morgan fingerprint density at radius 1 is 1.58 bits per heavy atom. The molecule has 0 aliphatic heterocycles. The smallest absolute Gasteiger partial charge is 0.229 e. The Bertz CT molecular complexity index is 174. The minimum atomic E-state index is -0.501. The average molecular weight is 173 g/mol. The van der Waals surface area contributed by atoms with E-state index in [2.05, 4.69) is 5.32 Å². The summed E-state index contributed by atoms with van der Waals surface area (Å²) in [6.45, 7) is 0. The first-order valence-corrected chi connectivity index (χ1v) is 4.21. The zero-order chi connectivity index (χ0) is 9.14. The van der Waals surface area contributed by atoms with Gasteiger partial charge in [-0.25, -0.2) is 0 Å². The lowest BCUT2D eigenvalue weighted by Crippen LogP contribution is -2.49. The first-order chi connectivity index (χ1) is 5.65. The van der Waals surface area contributed by atoms with Crippen LogP contribution in [0.5, 0.6) is 0 Å². The Morgan fingerprint density at radius 2 is 2.25 bits per heavy atom. The monoisotopic (exact) mass is 173 g/mol. The summed E-state index contributed by atoms with van der Waals surface area (Å²) in [7, 11) is 1.76. The van der Waals surface area contributed by atoms with Crippen molar-refractivity contribution >= 4 is 0 Å². The van der Waals surface area contributed by atoms with Gasteiger partial charge in [-0.15, -0.1) is 0 Å². The highest BCUT2D eigenvalue weighted by Crippen LogP contribution is 2.19. The molecule has 1 rings (SSSR count). The molecule has 70 valence electrons. The molecular weight excluding hydrogens is 158 g/mol. The van der Waals surface area contributed by atoms with Crippen molar-refractivity contribution in [3.63, 3.8) is 0 Å². The van der Waals surface area contributed by atoms with E-state index in [4.69, 9.17) is 5.73 Å². The van der Waals surface area contributed by atoms with Crippen molar-refractivity contribution in [3.8, 4) is 0 Å². The second-order valence-corrected chi connectivity index (χ2v) is 3.32. The van der Waals surface area contributed by atoms with Crippen LogP contribution in [0.3, 0.4) is 0 Å². The standard InChI is InChI=1S/C7H15N3O2/c1-9-6-3-2-5(8)4-7(6)10(11)12/h5-7,9H,2-4,8H2,1H3. The molecule has 1 aliphatic rings. The van der Waals surface area contributed by atoms with Crippen LogP contribution in [-0.4, -0.2) is 30.1 Å². The molecule has 3 N–H and O–H groups in total. The maximum absolute atomic E-state index is 10.6. The van der Waals surface area contributed by atoms with Gasteiger partial charge in [-0.1, -0.05) is 0 Å². The predicted octanol–water partition coefficient (Wildman–Crippen LogP) is -0.269. The highest BCUT2D eigenvalue weighted by molar-refractivity contribution is 4.85. The summed E-state index contributed by atoms with van der Waals surface area (Å²) in [6.07, 6.45) is 2.19. The lowest BCUT2D eigenvalue weighted by Gasteiger charge is -2.28. The number of nitrogens with one attached hydrogen (secondary N) is 1. The van der Waals surface area contributed by atoms with E-state index in [0.717, 1.165) is 12.8 Å². The van der Waals surface area contributed by atoms with E-state index in [9.17, 15) is 10.1 Å². The maximum atomic E-state index is 10.6. The van der Waals surface area contributed by atoms with Gasteiger partial charge < -0.3 is 11.1 Å². The van der Waals surface area contributed by atoms with Crippen LogP contribution in [0, 0.1) is 10.1 Å². The quantitative estimate of drug-likeness (QED) is 0.445. The number of nitro groups is 1. The molecule has 1 aliphatic carbocycles. The molecule has 0 amide bonds. The van der Waals surface area contributed by atoms with Crippen LogP contribution < -0.4 is 11.1 Å². The Hall–Kier alpha value is -0.680. The minimum Gasteiger partial charge on any atom is -0.327 e. The molecular formula is C7H15N3O2. The summed E-state index contributed by atoms with van der Waals surface area (Å²) >= 11 is 0. The van der Waals surface area contributed by atoms with Crippen molar-refractivity contribution in [2.24, 2.45) is 5.73 Å². The average Bonchev–Trinajstić information content (AvgIpc) is 2.04. The predicted molar refractivity (Wildman–Crippen MR) is 45.5 cm³/mol. The highest BCUT2D eigenvalue weighted by atomic mass is 16.6. The molecule has 3 unspecified atom stereocenters. The van der Waals surface area contributed by atoms with E-state index >= 15 is 0 Å². The van der Waals surface area contributed by atoms with Crippen molar-refractivity contribution in [1.82, 2.24) is 5.32 Å². The topological polar surface area (TPSA) is 81.2 Å². The van der Waals surface area contributed by atoms with Gasteiger partial charge >= 0.3 is 0 Å². The molecule has 0 saturated heterocycles. The molecule has 1 fully saturated rings. The van der Waals surface area contributed by atoms with Crippen LogP contribution in [0.4, 0.5) is 0 Å². The summed E-state index contributed by atoms with van der Waals surface area (Å²) in [5.41, 5.74) is 5.65. The molecule has 0 aromatic rings. The third kappa shape index (κ3) is 1.92. The van der Waals surface area contributed by atoms with Gasteiger partial charge in [-0.3, -0.25) is 10.1 Å². The number of nitrogens with two attached hydrogens (primary N) is 1. The van der Waals surface area contributed by atoms with E-state index in [1.807, 2.05) is 0 Å². The molecule has 5 heteroatoms. The van der Waals surface area contributed by atoms with Crippen molar-refractivity contribution in [3.05, 3.63) is 10.1 Å². The molecule has 0 spiro atoms. The first-order valence-electron chi connectivity index (χ1n) is 4.21. The number of hydrogen-bond donors (Lipinski definition) is 2. The Morgan fingerprint density at radius 3 is 2.75 bits per heavy atom. The highest BCUT2D eigenvalue weighted by Gasteiger charge is 2.35. The molecule has 0 aromatic carbocycles. The van der Waals surface area contributed by atoms with Crippen LogP contribution in [-0.2, 0) is 0 Å². The fourth-order valence-corrected chi connectivity index (χ4v) is 1.75. The van der Waals surface area contributed by atoms with E-state index < -0.39 is 6.04 Å². The molecule has 0 aromatic heterocycles. The molecule has 0 radical (unpaired) electrons. The van der Waals surface area contributed by atoms with Crippen LogP contribution >= 0.6 is 0 Å². The second-order valence-electron chi connectivity index (χ2n) is 3.32. The molecule has 5 nitrogen and oxygen atoms in total.